The van der Waals surface area contributed by atoms with Gasteiger partial charge in [-0.25, -0.2) is 8.78 Å². The SMILES string of the molecule is O/N=C\c1c(F)ccc(O)c1F. The van der Waals surface area contributed by atoms with Crippen LogP contribution in [0.3, 0.4) is 0 Å². The Balaban J connectivity index is 3.32. The van der Waals surface area contributed by atoms with Crippen molar-refractivity contribution in [2.24, 2.45) is 5.16 Å². The lowest BCUT2D eigenvalue weighted by atomic mass is 10.2. The zero-order valence-corrected chi connectivity index (χ0v) is 5.83. The van der Waals surface area contributed by atoms with Crippen LogP contribution in [0.4, 0.5) is 8.78 Å². The van der Waals surface area contributed by atoms with Gasteiger partial charge in [-0.3, -0.25) is 0 Å². The zero-order valence-electron chi connectivity index (χ0n) is 5.83. The summed E-state index contributed by atoms with van der Waals surface area (Å²) in [4.78, 5) is 0. The lowest BCUT2D eigenvalue weighted by molar-refractivity contribution is 0.321. The fraction of sp³-hybridized carbons (Fsp3) is 0. The first-order chi connectivity index (χ1) is 5.66. The number of oxime groups is 1. The van der Waals surface area contributed by atoms with Crippen molar-refractivity contribution in [2.75, 3.05) is 0 Å². The molecular formula is C7H5F2NO2. The van der Waals surface area contributed by atoms with Crippen molar-refractivity contribution in [3.05, 3.63) is 29.3 Å². The van der Waals surface area contributed by atoms with Gasteiger partial charge in [0.15, 0.2) is 11.6 Å². The van der Waals surface area contributed by atoms with Crippen LogP contribution in [-0.4, -0.2) is 16.5 Å². The van der Waals surface area contributed by atoms with E-state index < -0.39 is 22.9 Å². The van der Waals surface area contributed by atoms with E-state index >= 15 is 0 Å². The van der Waals surface area contributed by atoms with Gasteiger partial charge < -0.3 is 10.3 Å². The molecule has 0 fully saturated rings. The van der Waals surface area contributed by atoms with Gasteiger partial charge in [0.2, 0.25) is 0 Å². The van der Waals surface area contributed by atoms with Crippen LogP contribution in [0.1, 0.15) is 5.56 Å². The first-order valence-corrected chi connectivity index (χ1v) is 3.01. The number of benzene rings is 1. The van der Waals surface area contributed by atoms with E-state index in [0.717, 1.165) is 12.1 Å². The van der Waals surface area contributed by atoms with Gasteiger partial charge in [0.1, 0.15) is 5.82 Å². The molecule has 0 aromatic heterocycles. The van der Waals surface area contributed by atoms with E-state index in [1.807, 2.05) is 0 Å². The molecule has 5 heteroatoms. The number of phenolic OH excluding ortho intramolecular Hbond substituents is 1. The third kappa shape index (κ3) is 1.34. The quantitative estimate of drug-likeness (QED) is 0.384. The van der Waals surface area contributed by atoms with Crippen LogP contribution >= 0.6 is 0 Å². The van der Waals surface area contributed by atoms with Crippen LogP contribution in [0.15, 0.2) is 17.3 Å². The van der Waals surface area contributed by atoms with Crippen molar-refractivity contribution in [2.45, 2.75) is 0 Å². The second-order valence-corrected chi connectivity index (χ2v) is 2.04. The number of hydrogen-bond donors (Lipinski definition) is 2. The predicted octanol–water partition coefficient (Wildman–Crippen LogP) is 1.48. The molecule has 64 valence electrons. The van der Waals surface area contributed by atoms with Gasteiger partial charge in [0, 0.05) is 0 Å². The van der Waals surface area contributed by atoms with Crippen LogP contribution < -0.4 is 0 Å². The van der Waals surface area contributed by atoms with Gasteiger partial charge in [-0.15, -0.1) is 0 Å². The van der Waals surface area contributed by atoms with E-state index in [0.29, 0.717) is 6.21 Å². The lowest BCUT2D eigenvalue weighted by Crippen LogP contribution is -1.93. The monoisotopic (exact) mass is 173 g/mol. The molecule has 0 amide bonds. The maximum absolute atomic E-state index is 12.8. The highest BCUT2D eigenvalue weighted by atomic mass is 19.1. The minimum absolute atomic E-state index is 0.572. The fourth-order valence-corrected chi connectivity index (χ4v) is 0.734. The highest BCUT2D eigenvalue weighted by molar-refractivity contribution is 5.80. The Labute approximate surface area is 66.6 Å². The van der Waals surface area contributed by atoms with E-state index in [1.165, 1.54) is 0 Å². The number of phenols is 1. The van der Waals surface area contributed by atoms with Gasteiger partial charge in [0.05, 0.1) is 11.8 Å². The average Bonchev–Trinajstić information content (AvgIpc) is 2.06. The maximum Gasteiger partial charge on any atom is 0.176 e. The summed E-state index contributed by atoms with van der Waals surface area (Å²) in [5.74, 6) is -2.73. The summed E-state index contributed by atoms with van der Waals surface area (Å²) in [6.07, 6.45) is 0.574. The number of halogens is 2. The molecule has 0 heterocycles. The molecule has 0 aliphatic heterocycles. The third-order valence-corrected chi connectivity index (χ3v) is 1.29. The minimum atomic E-state index is -1.15. The average molecular weight is 173 g/mol. The minimum Gasteiger partial charge on any atom is -0.505 e. The van der Waals surface area contributed by atoms with Crippen LogP contribution in [0.2, 0.25) is 0 Å². The highest BCUT2D eigenvalue weighted by Crippen LogP contribution is 2.19. The largest absolute Gasteiger partial charge is 0.505 e. The molecule has 2 N–H and O–H groups in total. The first kappa shape index (κ1) is 8.45. The number of rotatable bonds is 1. The Hall–Kier alpha value is -1.65. The van der Waals surface area contributed by atoms with Gasteiger partial charge in [0.25, 0.3) is 0 Å². The van der Waals surface area contributed by atoms with Crippen molar-refractivity contribution in [3.63, 3.8) is 0 Å². The van der Waals surface area contributed by atoms with Crippen molar-refractivity contribution in [1.29, 1.82) is 0 Å². The summed E-state index contributed by atoms with van der Waals surface area (Å²) in [6.45, 7) is 0. The molecule has 1 rings (SSSR count). The molecule has 0 spiro atoms. The topological polar surface area (TPSA) is 52.8 Å². The summed E-state index contributed by atoms with van der Waals surface area (Å²) in [5.41, 5.74) is -0.572. The predicted molar refractivity (Wildman–Crippen MR) is 37.4 cm³/mol. The molecule has 0 bridgehead atoms. The molecular weight excluding hydrogens is 168 g/mol. The number of aromatic hydroxyl groups is 1. The molecule has 1 aromatic rings. The Bertz CT molecular complexity index is 325. The van der Waals surface area contributed by atoms with Crippen molar-refractivity contribution in [1.82, 2.24) is 0 Å². The van der Waals surface area contributed by atoms with E-state index in [-0.39, 0.29) is 0 Å². The molecule has 12 heavy (non-hydrogen) atoms. The molecule has 0 radical (unpaired) electrons. The number of nitrogens with zero attached hydrogens (tertiary/aromatic N) is 1. The summed E-state index contributed by atoms with van der Waals surface area (Å²) in [6, 6.07) is 1.74. The first-order valence-electron chi connectivity index (χ1n) is 3.01. The van der Waals surface area contributed by atoms with Crippen molar-refractivity contribution < 1.29 is 19.1 Å². The second-order valence-electron chi connectivity index (χ2n) is 2.04. The normalized spacial score (nSPS) is 10.8. The Morgan fingerprint density at radius 3 is 2.58 bits per heavy atom. The van der Waals surface area contributed by atoms with Gasteiger partial charge >= 0.3 is 0 Å². The van der Waals surface area contributed by atoms with Gasteiger partial charge in [-0.1, -0.05) is 5.16 Å². The molecule has 0 atom stereocenters. The molecule has 0 unspecified atom stereocenters. The van der Waals surface area contributed by atoms with E-state index in [4.69, 9.17) is 10.3 Å². The van der Waals surface area contributed by atoms with Crippen LogP contribution in [0, 0.1) is 11.6 Å². The lowest BCUT2D eigenvalue weighted by Gasteiger charge is -1.99. The standard InChI is InChI=1S/C7H5F2NO2/c8-5-1-2-6(11)7(9)4(5)3-10-12/h1-3,11-12H/b10-3-. The second kappa shape index (κ2) is 3.17. The zero-order chi connectivity index (χ0) is 9.14. The Morgan fingerprint density at radius 2 is 2.00 bits per heavy atom. The third-order valence-electron chi connectivity index (χ3n) is 1.29. The smallest absolute Gasteiger partial charge is 0.176 e. The molecule has 0 aliphatic rings. The van der Waals surface area contributed by atoms with E-state index in [9.17, 15) is 8.78 Å². The maximum atomic E-state index is 12.8. The van der Waals surface area contributed by atoms with Crippen LogP contribution in [0.25, 0.3) is 0 Å². The fourth-order valence-electron chi connectivity index (χ4n) is 0.734. The van der Waals surface area contributed by atoms with E-state index in [2.05, 4.69) is 5.16 Å². The van der Waals surface area contributed by atoms with Gasteiger partial charge in [-0.05, 0) is 12.1 Å². The van der Waals surface area contributed by atoms with Gasteiger partial charge in [-0.2, -0.15) is 0 Å². The summed E-state index contributed by atoms with van der Waals surface area (Å²) in [7, 11) is 0. The molecule has 1 aromatic carbocycles. The highest BCUT2D eigenvalue weighted by Gasteiger charge is 2.10. The molecule has 0 saturated carbocycles. The van der Waals surface area contributed by atoms with Crippen molar-refractivity contribution in [3.8, 4) is 5.75 Å². The van der Waals surface area contributed by atoms with Crippen LogP contribution in [-0.2, 0) is 0 Å². The molecule has 3 nitrogen and oxygen atoms in total. The van der Waals surface area contributed by atoms with Crippen LogP contribution in [0.5, 0.6) is 5.75 Å². The Morgan fingerprint density at radius 1 is 1.33 bits per heavy atom. The molecule has 0 saturated heterocycles. The van der Waals surface area contributed by atoms with Crippen molar-refractivity contribution >= 4 is 6.21 Å². The summed E-state index contributed by atoms with van der Waals surface area (Å²) < 4.78 is 25.4. The Kier molecular flexibility index (Phi) is 2.23. The molecule has 0 aliphatic carbocycles. The van der Waals surface area contributed by atoms with E-state index in [1.54, 1.807) is 0 Å². The summed E-state index contributed by atoms with van der Waals surface area (Å²) in [5, 5.41) is 19.2. The summed E-state index contributed by atoms with van der Waals surface area (Å²) >= 11 is 0. The number of hydrogen-bond acceptors (Lipinski definition) is 3.